The molecule has 1 N–H and O–H groups in total. The van der Waals surface area contributed by atoms with Crippen LogP contribution in [0.4, 0.5) is 0 Å². The molecule has 0 aliphatic heterocycles. The highest BCUT2D eigenvalue weighted by Crippen LogP contribution is 2.36. The summed E-state index contributed by atoms with van der Waals surface area (Å²) in [5, 5.41) is 3.27. The van der Waals surface area contributed by atoms with Crippen LogP contribution >= 0.6 is 15.9 Å². The van der Waals surface area contributed by atoms with Crippen LogP contribution in [0.5, 0.6) is 11.5 Å². The summed E-state index contributed by atoms with van der Waals surface area (Å²) >= 11 is 3.46. The third-order valence-corrected chi connectivity index (χ3v) is 4.54. The number of rotatable bonds is 8. The average molecular weight is 350 g/mol. The first kappa shape index (κ1) is 16.5. The minimum absolute atomic E-state index is 0.685. The molecule has 0 fully saturated rings. The van der Waals surface area contributed by atoms with Gasteiger partial charge in [0.1, 0.15) is 0 Å². The van der Waals surface area contributed by atoms with Gasteiger partial charge in [0.05, 0.1) is 18.7 Å². The van der Waals surface area contributed by atoms with E-state index in [1.54, 1.807) is 14.2 Å². The van der Waals surface area contributed by atoms with E-state index in [9.17, 15) is 4.21 Å². The summed E-state index contributed by atoms with van der Waals surface area (Å²) in [7, 11) is 2.51. The fourth-order valence-corrected chi connectivity index (χ4v) is 2.95. The Morgan fingerprint density at radius 1 is 1.32 bits per heavy atom. The van der Waals surface area contributed by atoms with Gasteiger partial charge in [0, 0.05) is 35.4 Å². The van der Waals surface area contributed by atoms with Crippen LogP contribution in [-0.4, -0.2) is 36.5 Å². The molecule has 19 heavy (non-hydrogen) atoms. The Balaban J connectivity index is 2.59. The summed E-state index contributed by atoms with van der Waals surface area (Å²) in [6, 6.07) is 3.93. The molecule has 0 amide bonds. The normalized spacial score (nSPS) is 12.2. The first-order valence-corrected chi connectivity index (χ1v) is 8.36. The van der Waals surface area contributed by atoms with E-state index in [1.807, 2.05) is 19.1 Å². The van der Waals surface area contributed by atoms with Crippen LogP contribution in [0.15, 0.2) is 16.6 Å². The van der Waals surface area contributed by atoms with Crippen LogP contribution in [0, 0.1) is 0 Å². The number of benzene rings is 1. The maximum Gasteiger partial charge on any atom is 0.174 e. The van der Waals surface area contributed by atoms with Gasteiger partial charge in [-0.05, 0) is 33.6 Å². The zero-order chi connectivity index (χ0) is 14.3. The molecule has 0 spiro atoms. The van der Waals surface area contributed by atoms with Gasteiger partial charge in [-0.1, -0.05) is 6.92 Å². The standard InChI is InChI=1S/C13H20BrNO3S/c1-4-19(16)6-5-15-9-10-7-11(14)13(18-3)12(8-10)17-2/h7-8,15H,4-6,9H2,1-3H3. The number of methoxy groups -OCH3 is 2. The summed E-state index contributed by atoms with van der Waals surface area (Å²) in [6.45, 7) is 3.38. The molecule has 0 heterocycles. The van der Waals surface area contributed by atoms with Crippen molar-refractivity contribution in [2.75, 3.05) is 32.3 Å². The molecule has 0 aliphatic rings. The average Bonchev–Trinajstić information content (AvgIpc) is 2.42. The van der Waals surface area contributed by atoms with E-state index in [2.05, 4.69) is 21.2 Å². The summed E-state index contributed by atoms with van der Waals surface area (Å²) < 4.78 is 22.7. The number of hydrogen-bond acceptors (Lipinski definition) is 4. The highest BCUT2D eigenvalue weighted by Gasteiger charge is 2.10. The highest BCUT2D eigenvalue weighted by molar-refractivity contribution is 9.10. The van der Waals surface area contributed by atoms with E-state index >= 15 is 0 Å². The Labute approximate surface area is 125 Å². The summed E-state index contributed by atoms with van der Waals surface area (Å²) in [4.78, 5) is 0. The van der Waals surface area contributed by atoms with Crippen molar-refractivity contribution in [3.8, 4) is 11.5 Å². The molecule has 108 valence electrons. The molecule has 1 atom stereocenters. The molecule has 1 aromatic rings. The SMILES string of the molecule is CCS(=O)CCNCc1cc(Br)c(OC)c(OC)c1. The molecule has 1 aromatic carbocycles. The Bertz CT molecular complexity index is 440. The van der Waals surface area contributed by atoms with Crippen molar-refractivity contribution in [3.63, 3.8) is 0 Å². The lowest BCUT2D eigenvalue weighted by atomic mass is 10.2. The van der Waals surface area contributed by atoms with E-state index in [-0.39, 0.29) is 0 Å². The zero-order valence-corrected chi connectivity index (χ0v) is 13.9. The smallest absolute Gasteiger partial charge is 0.174 e. The van der Waals surface area contributed by atoms with E-state index < -0.39 is 10.8 Å². The first-order chi connectivity index (χ1) is 9.12. The number of ether oxygens (including phenoxy) is 2. The third-order valence-electron chi connectivity index (χ3n) is 2.65. The monoisotopic (exact) mass is 349 g/mol. The Hall–Kier alpha value is -0.590. The topological polar surface area (TPSA) is 47.6 Å². The number of hydrogen-bond donors (Lipinski definition) is 1. The van der Waals surface area contributed by atoms with Gasteiger partial charge in [0.2, 0.25) is 0 Å². The van der Waals surface area contributed by atoms with Gasteiger partial charge in [-0.15, -0.1) is 0 Å². The van der Waals surface area contributed by atoms with E-state index in [1.165, 1.54) is 0 Å². The van der Waals surface area contributed by atoms with Crippen LogP contribution in [0.2, 0.25) is 0 Å². The number of nitrogens with one attached hydrogen (secondary N) is 1. The predicted molar refractivity (Wildman–Crippen MR) is 82.5 cm³/mol. The van der Waals surface area contributed by atoms with Gasteiger partial charge in [0.25, 0.3) is 0 Å². The second-order valence-electron chi connectivity index (χ2n) is 3.92. The van der Waals surface area contributed by atoms with Gasteiger partial charge < -0.3 is 14.8 Å². The molecule has 0 bridgehead atoms. The van der Waals surface area contributed by atoms with Crippen LogP contribution in [-0.2, 0) is 17.3 Å². The van der Waals surface area contributed by atoms with Crippen molar-refractivity contribution in [1.29, 1.82) is 0 Å². The largest absolute Gasteiger partial charge is 0.493 e. The van der Waals surface area contributed by atoms with Gasteiger partial charge >= 0.3 is 0 Å². The molecular formula is C13H20BrNO3S. The fourth-order valence-electron chi connectivity index (χ4n) is 1.64. The molecule has 0 aromatic heterocycles. The lowest BCUT2D eigenvalue weighted by Crippen LogP contribution is -2.20. The lowest BCUT2D eigenvalue weighted by Gasteiger charge is -2.12. The van der Waals surface area contributed by atoms with Gasteiger partial charge in [-0.3, -0.25) is 4.21 Å². The molecule has 0 radical (unpaired) electrons. The van der Waals surface area contributed by atoms with Crippen molar-refractivity contribution in [3.05, 3.63) is 22.2 Å². The second-order valence-corrected chi connectivity index (χ2v) is 6.64. The predicted octanol–water partition coefficient (Wildman–Crippen LogP) is 2.32. The quantitative estimate of drug-likeness (QED) is 0.731. The molecule has 0 saturated carbocycles. The van der Waals surface area contributed by atoms with Crippen LogP contribution < -0.4 is 14.8 Å². The minimum atomic E-state index is -0.717. The van der Waals surface area contributed by atoms with Crippen molar-refractivity contribution < 1.29 is 13.7 Å². The maximum absolute atomic E-state index is 11.3. The molecule has 1 unspecified atom stereocenters. The van der Waals surface area contributed by atoms with Crippen molar-refractivity contribution in [2.24, 2.45) is 0 Å². The van der Waals surface area contributed by atoms with Crippen molar-refractivity contribution >= 4 is 26.7 Å². The molecule has 4 nitrogen and oxygen atoms in total. The number of halogens is 1. The second kappa shape index (κ2) is 8.55. The van der Waals surface area contributed by atoms with E-state index in [4.69, 9.17) is 9.47 Å². The maximum atomic E-state index is 11.3. The fraction of sp³-hybridized carbons (Fsp3) is 0.538. The van der Waals surface area contributed by atoms with Crippen LogP contribution in [0.3, 0.4) is 0 Å². The Morgan fingerprint density at radius 2 is 2.05 bits per heavy atom. The highest BCUT2D eigenvalue weighted by atomic mass is 79.9. The van der Waals surface area contributed by atoms with Gasteiger partial charge in [0.15, 0.2) is 11.5 Å². The van der Waals surface area contributed by atoms with Gasteiger partial charge in [-0.25, -0.2) is 0 Å². The molecule has 1 rings (SSSR count). The third kappa shape index (κ3) is 5.12. The first-order valence-electron chi connectivity index (χ1n) is 6.08. The zero-order valence-electron chi connectivity index (χ0n) is 11.5. The van der Waals surface area contributed by atoms with Crippen LogP contribution in [0.25, 0.3) is 0 Å². The summed E-state index contributed by atoms with van der Waals surface area (Å²) in [5.41, 5.74) is 1.09. The molecule has 0 saturated heterocycles. The van der Waals surface area contributed by atoms with Crippen molar-refractivity contribution in [2.45, 2.75) is 13.5 Å². The summed E-state index contributed by atoms with van der Waals surface area (Å²) in [5.74, 6) is 2.79. The minimum Gasteiger partial charge on any atom is -0.493 e. The Morgan fingerprint density at radius 3 is 2.63 bits per heavy atom. The molecule has 6 heteroatoms. The summed E-state index contributed by atoms with van der Waals surface area (Å²) in [6.07, 6.45) is 0. The Kier molecular flexibility index (Phi) is 7.41. The van der Waals surface area contributed by atoms with Crippen molar-refractivity contribution in [1.82, 2.24) is 5.32 Å². The van der Waals surface area contributed by atoms with Gasteiger partial charge in [-0.2, -0.15) is 0 Å². The molecular weight excluding hydrogens is 330 g/mol. The lowest BCUT2D eigenvalue weighted by molar-refractivity contribution is 0.352. The molecule has 0 aliphatic carbocycles. The van der Waals surface area contributed by atoms with E-state index in [0.29, 0.717) is 29.5 Å². The van der Waals surface area contributed by atoms with E-state index in [0.717, 1.165) is 16.6 Å². The van der Waals surface area contributed by atoms with Crippen LogP contribution in [0.1, 0.15) is 12.5 Å².